The summed E-state index contributed by atoms with van der Waals surface area (Å²) in [6.07, 6.45) is 1.45. The summed E-state index contributed by atoms with van der Waals surface area (Å²) in [4.78, 5) is 0. The second kappa shape index (κ2) is 4.17. The fourth-order valence-corrected chi connectivity index (χ4v) is 1.28. The highest BCUT2D eigenvalue weighted by Gasteiger charge is 2.13. The largest absolute Gasteiger partial charge is 0.503 e. The lowest BCUT2D eigenvalue weighted by Crippen LogP contribution is -2.06. The van der Waals surface area contributed by atoms with Crippen LogP contribution in [0.15, 0.2) is 12.1 Å². The Kier molecular flexibility index (Phi) is 3.32. The molecule has 1 nitrogen and oxygen atoms in total. The van der Waals surface area contributed by atoms with Gasteiger partial charge in [0, 0.05) is 0 Å². The first kappa shape index (κ1) is 12.0. The van der Waals surface area contributed by atoms with E-state index in [0.29, 0.717) is 12.0 Å². The van der Waals surface area contributed by atoms with Gasteiger partial charge in [0.15, 0.2) is 17.4 Å². The van der Waals surface area contributed by atoms with E-state index in [-0.39, 0.29) is 5.41 Å². The molecule has 0 unspecified atom stereocenters. The monoisotopic (exact) mass is 214 g/mol. The number of hydrogen-bond donors (Lipinski definition) is 1. The number of halogens is 2. The Balaban J connectivity index is 2.80. The number of phenols is 1. The second-order valence-electron chi connectivity index (χ2n) is 4.97. The maximum absolute atomic E-state index is 13.0. The van der Waals surface area contributed by atoms with E-state index < -0.39 is 17.4 Å². The van der Waals surface area contributed by atoms with Gasteiger partial charge in [-0.25, -0.2) is 8.78 Å². The molecule has 1 aromatic rings. The van der Waals surface area contributed by atoms with Gasteiger partial charge in [0.25, 0.3) is 0 Å². The fraction of sp³-hybridized carbons (Fsp3) is 0.500. The summed E-state index contributed by atoms with van der Waals surface area (Å²) in [7, 11) is 0. The number of aromatic hydroxyl groups is 1. The van der Waals surface area contributed by atoms with Gasteiger partial charge in [-0.3, -0.25) is 0 Å². The molecule has 1 aromatic carbocycles. The van der Waals surface area contributed by atoms with E-state index >= 15 is 0 Å². The normalized spacial score (nSPS) is 11.8. The molecule has 0 saturated heterocycles. The van der Waals surface area contributed by atoms with E-state index in [1.165, 1.54) is 12.1 Å². The number of hydrogen-bond acceptors (Lipinski definition) is 1. The van der Waals surface area contributed by atoms with Crippen molar-refractivity contribution in [3.8, 4) is 5.75 Å². The van der Waals surface area contributed by atoms with E-state index in [2.05, 4.69) is 20.8 Å². The second-order valence-corrected chi connectivity index (χ2v) is 4.97. The summed E-state index contributed by atoms with van der Waals surface area (Å²) >= 11 is 0. The predicted molar refractivity (Wildman–Crippen MR) is 55.8 cm³/mol. The maximum Gasteiger partial charge on any atom is 0.187 e. The lowest BCUT2D eigenvalue weighted by atomic mass is 9.88. The average Bonchev–Trinajstić information content (AvgIpc) is 2.09. The van der Waals surface area contributed by atoms with Crippen molar-refractivity contribution < 1.29 is 13.9 Å². The van der Waals surface area contributed by atoms with Gasteiger partial charge in [0.2, 0.25) is 0 Å². The minimum Gasteiger partial charge on any atom is -0.503 e. The molecule has 0 saturated carbocycles. The Bertz CT molecular complexity index is 330. The first-order chi connectivity index (χ1) is 6.79. The highest BCUT2D eigenvalue weighted by Crippen LogP contribution is 2.25. The van der Waals surface area contributed by atoms with Crippen molar-refractivity contribution in [2.24, 2.45) is 5.41 Å². The Morgan fingerprint density at radius 1 is 1.13 bits per heavy atom. The van der Waals surface area contributed by atoms with Crippen LogP contribution in [-0.4, -0.2) is 5.11 Å². The molecular formula is C12H16F2O. The molecule has 0 aliphatic carbocycles. The lowest BCUT2D eigenvalue weighted by molar-refractivity contribution is 0.374. The topological polar surface area (TPSA) is 20.2 Å². The number of aryl methyl sites for hydroxylation is 1. The van der Waals surface area contributed by atoms with Crippen LogP contribution >= 0.6 is 0 Å². The molecule has 0 aromatic heterocycles. The third kappa shape index (κ3) is 3.50. The van der Waals surface area contributed by atoms with Crippen LogP contribution in [0.25, 0.3) is 0 Å². The molecule has 0 heterocycles. The lowest BCUT2D eigenvalue weighted by Gasteiger charge is -2.17. The van der Waals surface area contributed by atoms with Crippen molar-refractivity contribution >= 4 is 0 Å². The fourth-order valence-electron chi connectivity index (χ4n) is 1.28. The van der Waals surface area contributed by atoms with E-state index in [1.54, 1.807) is 0 Å². The SMILES string of the molecule is CC(C)(C)CCc1cc(F)c(O)c(F)c1. The van der Waals surface area contributed by atoms with Crippen molar-refractivity contribution in [1.82, 2.24) is 0 Å². The zero-order valence-corrected chi connectivity index (χ0v) is 9.27. The van der Waals surface area contributed by atoms with Crippen LogP contribution in [0, 0.1) is 17.0 Å². The predicted octanol–water partition coefficient (Wildman–Crippen LogP) is 3.65. The highest BCUT2D eigenvalue weighted by atomic mass is 19.1. The summed E-state index contributed by atoms with van der Waals surface area (Å²) in [5.41, 5.74) is 0.711. The van der Waals surface area contributed by atoms with Gasteiger partial charge in [0.1, 0.15) is 0 Å². The third-order valence-corrected chi connectivity index (χ3v) is 2.24. The van der Waals surface area contributed by atoms with Crippen molar-refractivity contribution in [2.75, 3.05) is 0 Å². The minimum atomic E-state index is -0.894. The summed E-state index contributed by atoms with van der Waals surface area (Å²) in [6.45, 7) is 6.21. The Hall–Kier alpha value is -1.12. The van der Waals surface area contributed by atoms with Crippen LogP contribution in [0.4, 0.5) is 8.78 Å². The van der Waals surface area contributed by atoms with Crippen LogP contribution < -0.4 is 0 Å². The van der Waals surface area contributed by atoms with E-state index in [1.807, 2.05) is 0 Å². The molecule has 84 valence electrons. The van der Waals surface area contributed by atoms with Gasteiger partial charge >= 0.3 is 0 Å². The van der Waals surface area contributed by atoms with Crippen LogP contribution in [0.5, 0.6) is 5.75 Å². The molecule has 1 N–H and O–H groups in total. The molecule has 0 amide bonds. The molecule has 0 bridgehead atoms. The molecule has 1 rings (SSSR count). The molecule has 0 radical (unpaired) electrons. The molecular weight excluding hydrogens is 198 g/mol. The first-order valence-corrected chi connectivity index (χ1v) is 4.96. The van der Waals surface area contributed by atoms with Gasteiger partial charge in [-0.05, 0) is 36.0 Å². The van der Waals surface area contributed by atoms with Gasteiger partial charge in [-0.1, -0.05) is 20.8 Å². The standard InChI is InChI=1S/C12H16F2O/c1-12(2,3)5-4-8-6-9(13)11(15)10(14)7-8/h6-7,15H,4-5H2,1-3H3. The third-order valence-electron chi connectivity index (χ3n) is 2.24. The Labute approximate surface area is 88.7 Å². The van der Waals surface area contributed by atoms with E-state index in [0.717, 1.165) is 6.42 Å². The van der Waals surface area contributed by atoms with Crippen LogP contribution in [0.3, 0.4) is 0 Å². The number of rotatable bonds is 2. The van der Waals surface area contributed by atoms with E-state index in [4.69, 9.17) is 5.11 Å². The van der Waals surface area contributed by atoms with Crippen LogP contribution in [0.1, 0.15) is 32.8 Å². The number of benzene rings is 1. The summed E-state index contributed by atoms with van der Waals surface area (Å²) in [6, 6.07) is 2.37. The Morgan fingerprint density at radius 2 is 1.60 bits per heavy atom. The molecule has 0 aliphatic rings. The van der Waals surface area contributed by atoms with E-state index in [9.17, 15) is 8.78 Å². The van der Waals surface area contributed by atoms with Gasteiger partial charge < -0.3 is 5.11 Å². The molecule has 0 aliphatic heterocycles. The summed E-state index contributed by atoms with van der Waals surface area (Å²) in [5.74, 6) is -2.67. The van der Waals surface area contributed by atoms with Gasteiger partial charge in [-0.2, -0.15) is 0 Å². The molecule has 3 heteroatoms. The Morgan fingerprint density at radius 3 is 2.00 bits per heavy atom. The van der Waals surface area contributed by atoms with Crippen LogP contribution in [0.2, 0.25) is 0 Å². The average molecular weight is 214 g/mol. The molecule has 0 spiro atoms. The zero-order chi connectivity index (χ0) is 11.6. The quantitative estimate of drug-likeness (QED) is 0.796. The van der Waals surface area contributed by atoms with Crippen molar-refractivity contribution in [3.05, 3.63) is 29.3 Å². The molecule has 0 fully saturated rings. The summed E-state index contributed by atoms with van der Waals surface area (Å²) < 4.78 is 25.9. The highest BCUT2D eigenvalue weighted by molar-refractivity contribution is 5.30. The van der Waals surface area contributed by atoms with Gasteiger partial charge in [0.05, 0.1) is 0 Å². The smallest absolute Gasteiger partial charge is 0.187 e. The molecule has 15 heavy (non-hydrogen) atoms. The van der Waals surface area contributed by atoms with Crippen LogP contribution in [-0.2, 0) is 6.42 Å². The first-order valence-electron chi connectivity index (χ1n) is 4.96. The minimum absolute atomic E-state index is 0.130. The maximum atomic E-state index is 13.0. The number of phenolic OH excluding ortho intramolecular Hbond substituents is 1. The van der Waals surface area contributed by atoms with Crippen molar-refractivity contribution in [1.29, 1.82) is 0 Å². The van der Waals surface area contributed by atoms with Crippen molar-refractivity contribution in [2.45, 2.75) is 33.6 Å². The molecule has 0 atom stereocenters. The van der Waals surface area contributed by atoms with Gasteiger partial charge in [-0.15, -0.1) is 0 Å². The van der Waals surface area contributed by atoms with Crippen molar-refractivity contribution in [3.63, 3.8) is 0 Å². The zero-order valence-electron chi connectivity index (χ0n) is 9.27. The summed E-state index contributed by atoms with van der Waals surface area (Å²) in [5, 5.41) is 8.91.